The number of carbonyl (C=O) groups is 1. The third-order valence-electron chi connectivity index (χ3n) is 5.29. The lowest BCUT2D eigenvalue weighted by Crippen LogP contribution is -2.48. The van der Waals surface area contributed by atoms with E-state index in [4.69, 9.17) is 21.3 Å². The van der Waals surface area contributed by atoms with Crippen LogP contribution in [0, 0.1) is 0 Å². The standard InChI is InChI=1S/C23H26ClN3O2S/c1-2-3-4-15-29-18-8-5-7-17(16-18)22(28)26-11-13-27(14-12-26)23-25-21-19(24)9-6-10-20(21)30-23/h5-10,16H,2-4,11-15H2,1H3. The number of benzene rings is 2. The van der Waals surface area contributed by atoms with Crippen molar-refractivity contribution in [2.24, 2.45) is 0 Å². The fraction of sp³-hybridized carbons (Fsp3) is 0.391. The van der Waals surface area contributed by atoms with Gasteiger partial charge in [-0.2, -0.15) is 0 Å². The highest BCUT2D eigenvalue weighted by Gasteiger charge is 2.24. The first-order valence-corrected chi connectivity index (χ1v) is 11.7. The molecule has 7 heteroatoms. The lowest BCUT2D eigenvalue weighted by atomic mass is 10.1. The third kappa shape index (κ3) is 4.71. The molecular weight excluding hydrogens is 418 g/mol. The van der Waals surface area contributed by atoms with Gasteiger partial charge in [0.2, 0.25) is 0 Å². The number of aromatic nitrogens is 1. The summed E-state index contributed by atoms with van der Waals surface area (Å²) in [7, 11) is 0. The summed E-state index contributed by atoms with van der Waals surface area (Å²) in [5.74, 6) is 0.822. The Morgan fingerprint density at radius 3 is 2.70 bits per heavy atom. The van der Waals surface area contributed by atoms with Crippen molar-refractivity contribution < 1.29 is 9.53 Å². The Bertz CT molecular complexity index is 1010. The average Bonchev–Trinajstić information content (AvgIpc) is 3.22. The van der Waals surface area contributed by atoms with Crippen LogP contribution in [0.4, 0.5) is 5.13 Å². The molecule has 0 atom stereocenters. The second-order valence-corrected chi connectivity index (χ2v) is 8.86. The van der Waals surface area contributed by atoms with Gasteiger partial charge in [0, 0.05) is 31.7 Å². The van der Waals surface area contributed by atoms with Crippen molar-refractivity contribution in [1.29, 1.82) is 0 Å². The van der Waals surface area contributed by atoms with E-state index < -0.39 is 0 Å². The van der Waals surface area contributed by atoms with Gasteiger partial charge in [0.15, 0.2) is 5.13 Å². The molecule has 4 rings (SSSR count). The van der Waals surface area contributed by atoms with Gasteiger partial charge in [-0.3, -0.25) is 4.79 Å². The maximum atomic E-state index is 13.0. The molecule has 1 amide bonds. The van der Waals surface area contributed by atoms with Crippen LogP contribution in [0.1, 0.15) is 36.5 Å². The van der Waals surface area contributed by atoms with Gasteiger partial charge in [-0.1, -0.05) is 54.8 Å². The van der Waals surface area contributed by atoms with E-state index in [0.717, 1.165) is 53.4 Å². The number of hydrogen-bond donors (Lipinski definition) is 0. The van der Waals surface area contributed by atoms with Crippen LogP contribution in [0.2, 0.25) is 5.02 Å². The molecule has 0 spiro atoms. The van der Waals surface area contributed by atoms with Crippen LogP contribution in [0.3, 0.4) is 0 Å². The Labute approximate surface area is 186 Å². The van der Waals surface area contributed by atoms with Gasteiger partial charge in [0.25, 0.3) is 5.91 Å². The summed E-state index contributed by atoms with van der Waals surface area (Å²) in [4.78, 5) is 21.8. The zero-order valence-electron chi connectivity index (χ0n) is 17.1. The number of ether oxygens (including phenoxy) is 1. The van der Waals surface area contributed by atoms with E-state index in [1.807, 2.05) is 47.4 Å². The highest BCUT2D eigenvalue weighted by Crippen LogP contribution is 2.33. The number of rotatable bonds is 7. The highest BCUT2D eigenvalue weighted by molar-refractivity contribution is 7.22. The molecule has 30 heavy (non-hydrogen) atoms. The Hall–Kier alpha value is -2.31. The van der Waals surface area contributed by atoms with E-state index in [9.17, 15) is 4.79 Å². The second-order valence-electron chi connectivity index (χ2n) is 7.45. The predicted octanol–water partition coefficient (Wildman–Crippen LogP) is 5.48. The van der Waals surface area contributed by atoms with Gasteiger partial charge in [-0.25, -0.2) is 4.98 Å². The zero-order chi connectivity index (χ0) is 20.9. The summed E-state index contributed by atoms with van der Waals surface area (Å²) in [5.41, 5.74) is 1.54. The molecule has 1 aliphatic rings. The minimum absolute atomic E-state index is 0.0565. The van der Waals surface area contributed by atoms with Gasteiger partial charge < -0.3 is 14.5 Å². The maximum absolute atomic E-state index is 13.0. The van der Waals surface area contributed by atoms with Gasteiger partial charge in [0.05, 0.1) is 16.3 Å². The summed E-state index contributed by atoms with van der Waals surface area (Å²) < 4.78 is 6.89. The molecule has 0 aliphatic carbocycles. The lowest BCUT2D eigenvalue weighted by molar-refractivity contribution is 0.0746. The monoisotopic (exact) mass is 443 g/mol. The van der Waals surface area contributed by atoms with Crippen molar-refractivity contribution >= 4 is 44.2 Å². The Morgan fingerprint density at radius 2 is 1.93 bits per heavy atom. The first-order valence-electron chi connectivity index (χ1n) is 10.5. The smallest absolute Gasteiger partial charge is 0.254 e. The SMILES string of the molecule is CCCCCOc1cccc(C(=O)N2CCN(c3nc4c(Cl)cccc4s3)CC2)c1. The van der Waals surface area contributed by atoms with Crippen LogP contribution in [0.25, 0.3) is 10.2 Å². The van der Waals surface area contributed by atoms with E-state index in [-0.39, 0.29) is 5.91 Å². The topological polar surface area (TPSA) is 45.7 Å². The van der Waals surface area contributed by atoms with Crippen LogP contribution in [0.5, 0.6) is 5.75 Å². The first-order chi connectivity index (χ1) is 14.7. The molecule has 0 unspecified atom stereocenters. The fourth-order valence-corrected chi connectivity index (χ4v) is 4.90. The van der Waals surface area contributed by atoms with E-state index in [2.05, 4.69) is 11.8 Å². The van der Waals surface area contributed by atoms with E-state index in [1.54, 1.807) is 11.3 Å². The first kappa shape index (κ1) is 20.9. The van der Waals surface area contributed by atoms with Crippen molar-refractivity contribution in [1.82, 2.24) is 9.88 Å². The van der Waals surface area contributed by atoms with Gasteiger partial charge in [-0.15, -0.1) is 0 Å². The van der Waals surface area contributed by atoms with Crippen LogP contribution < -0.4 is 9.64 Å². The molecule has 5 nitrogen and oxygen atoms in total. The number of amides is 1. The number of unbranched alkanes of at least 4 members (excludes halogenated alkanes) is 2. The number of nitrogens with zero attached hydrogens (tertiary/aromatic N) is 3. The van der Waals surface area contributed by atoms with Crippen LogP contribution in [0.15, 0.2) is 42.5 Å². The van der Waals surface area contributed by atoms with E-state index >= 15 is 0 Å². The number of thiazole rings is 1. The van der Waals surface area contributed by atoms with Crippen molar-refractivity contribution in [2.45, 2.75) is 26.2 Å². The van der Waals surface area contributed by atoms with E-state index in [0.29, 0.717) is 30.3 Å². The second kappa shape index (κ2) is 9.67. The number of piperazine rings is 1. The van der Waals surface area contributed by atoms with Gasteiger partial charge in [0.1, 0.15) is 11.3 Å². The number of halogens is 1. The molecule has 3 aromatic rings. The number of carbonyl (C=O) groups excluding carboxylic acids is 1. The molecule has 0 saturated carbocycles. The van der Waals surface area contributed by atoms with Crippen molar-refractivity contribution in [2.75, 3.05) is 37.7 Å². The molecule has 2 aromatic carbocycles. The largest absolute Gasteiger partial charge is 0.494 e. The minimum Gasteiger partial charge on any atom is -0.494 e. The molecule has 1 saturated heterocycles. The molecule has 0 bridgehead atoms. The van der Waals surface area contributed by atoms with Gasteiger partial charge in [-0.05, 0) is 36.8 Å². The zero-order valence-corrected chi connectivity index (χ0v) is 18.7. The van der Waals surface area contributed by atoms with Crippen molar-refractivity contribution in [3.05, 3.63) is 53.1 Å². The third-order valence-corrected chi connectivity index (χ3v) is 6.68. The number of hydrogen-bond acceptors (Lipinski definition) is 5. The number of fused-ring (bicyclic) bond motifs is 1. The van der Waals surface area contributed by atoms with Gasteiger partial charge >= 0.3 is 0 Å². The molecule has 1 aromatic heterocycles. The number of para-hydroxylation sites is 1. The lowest BCUT2D eigenvalue weighted by Gasteiger charge is -2.34. The predicted molar refractivity (Wildman–Crippen MR) is 124 cm³/mol. The van der Waals surface area contributed by atoms with Crippen molar-refractivity contribution in [3.8, 4) is 5.75 Å². The Balaban J connectivity index is 1.36. The van der Waals surface area contributed by atoms with Crippen LogP contribution in [-0.4, -0.2) is 48.6 Å². The summed E-state index contributed by atoms with van der Waals surface area (Å²) >= 11 is 7.91. The molecule has 1 aliphatic heterocycles. The molecule has 2 heterocycles. The molecular formula is C23H26ClN3O2S. The minimum atomic E-state index is 0.0565. The summed E-state index contributed by atoms with van der Waals surface area (Å²) in [6.45, 7) is 5.72. The quantitative estimate of drug-likeness (QED) is 0.453. The normalized spacial score (nSPS) is 14.3. The summed E-state index contributed by atoms with van der Waals surface area (Å²) in [5, 5.41) is 1.65. The molecule has 1 fully saturated rings. The highest BCUT2D eigenvalue weighted by atomic mass is 35.5. The fourth-order valence-electron chi connectivity index (χ4n) is 3.58. The summed E-state index contributed by atoms with van der Waals surface area (Å²) in [6.07, 6.45) is 3.36. The molecule has 0 N–H and O–H groups in total. The number of anilines is 1. The van der Waals surface area contributed by atoms with Crippen molar-refractivity contribution in [3.63, 3.8) is 0 Å². The summed E-state index contributed by atoms with van der Waals surface area (Å²) in [6, 6.07) is 13.4. The molecule has 0 radical (unpaired) electrons. The van der Waals surface area contributed by atoms with E-state index in [1.165, 1.54) is 0 Å². The Kier molecular flexibility index (Phi) is 6.75. The average molecular weight is 444 g/mol. The molecule has 158 valence electrons. The van der Waals surface area contributed by atoms with Crippen LogP contribution in [-0.2, 0) is 0 Å². The maximum Gasteiger partial charge on any atom is 0.254 e. The Morgan fingerprint density at radius 1 is 1.13 bits per heavy atom. The van der Waals surface area contributed by atoms with Crippen LogP contribution >= 0.6 is 22.9 Å².